The fourth-order valence-electron chi connectivity index (χ4n) is 3.72. The third kappa shape index (κ3) is 4.27. The molecular weight excluding hydrogens is 426 g/mol. The summed E-state index contributed by atoms with van der Waals surface area (Å²) in [5.74, 6) is -0.499. The molecule has 2 amide bonds. The zero-order valence-corrected chi connectivity index (χ0v) is 18.0. The number of amides is 2. The normalized spacial score (nSPS) is 20.3. The van der Waals surface area contributed by atoms with E-state index in [4.69, 9.17) is 4.74 Å². The van der Waals surface area contributed by atoms with E-state index in [9.17, 15) is 18.0 Å². The van der Waals surface area contributed by atoms with E-state index in [-0.39, 0.29) is 16.0 Å². The Bertz CT molecular complexity index is 1020. The van der Waals surface area contributed by atoms with Gasteiger partial charge in [0.05, 0.1) is 13.2 Å². The number of rotatable bonds is 5. The van der Waals surface area contributed by atoms with Crippen molar-refractivity contribution in [3.8, 4) is 0 Å². The Kier molecular flexibility index (Phi) is 6.19. The zero-order valence-electron chi connectivity index (χ0n) is 16.3. The minimum absolute atomic E-state index is 0.114. The molecule has 0 bridgehead atoms. The summed E-state index contributed by atoms with van der Waals surface area (Å²) in [6.07, 6.45) is 1.08. The number of morpholine rings is 1. The number of hydrogen-bond acceptors (Lipinski definition) is 6. The first-order chi connectivity index (χ1) is 14.5. The lowest BCUT2D eigenvalue weighted by molar-refractivity contribution is -0.119. The topological polar surface area (TPSA) is 96.0 Å². The predicted octanol–water partition coefficient (Wildman–Crippen LogP) is 2.01. The number of thiophene rings is 1. The minimum Gasteiger partial charge on any atom is -0.378 e. The summed E-state index contributed by atoms with van der Waals surface area (Å²) in [6.45, 7) is 2.41. The molecule has 4 rings (SSSR count). The van der Waals surface area contributed by atoms with Gasteiger partial charge in [0.15, 0.2) is 0 Å². The number of nitrogens with zero attached hydrogens (tertiary/aromatic N) is 2. The first-order valence-corrected chi connectivity index (χ1v) is 12.1. The maximum absolute atomic E-state index is 12.9. The SMILES string of the molecule is O=C(Nc1cccc(C(=O)N2CCOCC2)c1)C1CCCN1S(=O)(=O)c1cccs1. The van der Waals surface area contributed by atoms with Crippen LogP contribution in [-0.4, -0.2) is 68.3 Å². The number of hydrogen-bond donors (Lipinski definition) is 1. The minimum atomic E-state index is -3.70. The number of anilines is 1. The predicted molar refractivity (Wildman–Crippen MR) is 113 cm³/mol. The number of nitrogens with one attached hydrogen (secondary N) is 1. The van der Waals surface area contributed by atoms with Crippen LogP contribution in [0.2, 0.25) is 0 Å². The van der Waals surface area contributed by atoms with Crippen LogP contribution in [0, 0.1) is 0 Å². The van der Waals surface area contributed by atoms with Crippen molar-refractivity contribution in [1.82, 2.24) is 9.21 Å². The molecule has 2 aliphatic rings. The summed E-state index contributed by atoms with van der Waals surface area (Å²) in [5, 5.41) is 4.50. The molecule has 10 heteroatoms. The van der Waals surface area contributed by atoms with Crippen molar-refractivity contribution < 1.29 is 22.7 Å². The van der Waals surface area contributed by atoms with E-state index in [2.05, 4.69) is 5.32 Å². The third-order valence-electron chi connectivity index (χ3n) is 5.24. The third-order valence-corrected chi connectivity index (χ3v) is 8.52. The van der Waals surface area contributed by atoms with Gasteiger partial charge >= 0.3 is 0 Å². The molecule has 1 atom stereocenters. The average molecular weight is 450 g/mol. The van der Waals surface area contributed by atoms with Crippen molar-refractivity contribution in [1.29, 1.82) is 0 Å². The molecule has 0 saturated carbocycles. The molecule has 30 heavy (non-hydrogen) atoms. The van der Waals surface area contributed by atoms with Gasteiger partial charge in [-0.15, -0.1) is 11.3 Å². The summed E-state index contributed by atoms with van der Waals surface area (Å²) in [7, 11) is -3.70. The van der Waals surface area contributed by atoms with Gasteiger partial charge in [-0.1, -0.05) is 12.1 Å². The molecule has 1 N–H and O–H groups in total. The van der Waals surface area contributed by atoms with E-state index < -0.39 is 16.1 Å². The van der Waals surface area contributed by atoms with Gasteiger partial charge in [-0.3, -0.25) is 9.59 Å². The standard InChI is InChI=1S/C20H23N3O5S2/c24-19(17-6-2-8-23(17)30(26,27)18-7-3-13-29-18)21-16-5-1-4-15(14-16)20(25)22-9-11-28-12-10-22/h1,3-5,7,13-14,17H,2,6,8-12H2,(H,21,24). The molecule has 0 aliphatic carbocycles. The molecule has 2 aromatic rings. The highest BCUT2D eigenvalue weighted by Gasteiger charge is 2.39. The Morgan fingerprint density at radius 1 is 1.10 bits per heavy atom. The molecule has 0 radical (unpaired) electrons. The number of carbonyl (C=O) groups excluding carboxylic acids is 2. The van der Waals surface area contributed by atoms with Crippen LogP contribution in [-0.2, 0) is 19.6 Å². The maximum Gasteiger partial charge on any atom is 0.254 e. The Morgan fingerprint density at radius 2 is 1.90 bits per heavy atom. The summed E-state index contributed by atoms with van der Waals surface area (Å²) in [4.78, 5) is 27.3. The van der Waals surface area contributed by atoms with Gasteiger partial charge in [-0.25, -0.2) is 8.42 Å². The molecule has 1 aromatic heterocycles. The van der Waals surface area contributed by atoms with Crippen molar-refractivity contribution in [2.45, 2.75) is 23.1 Å². The van der Waals surface area contributed by atoms with Crippen LogP contribution in [0.5, 0.6) is 0 Å². The van der Waals surface area contributed by atoms with Gasteiger partial charge in [-0.2, -0.15) is 4.31 Å². The molecule has 3 heterocycles. The molecule has 160 valence electrons. The highest BCUT2D eigenvalue weighted by molar-refractivity contribution is 7.91. The first kappa shape index (κ1) is 21.0. The van der Waals surface area contributed by atoms with Gasteiger partial charge in [-0.05, 0) is 42.5 Å². The average Bonchev–Trinajstić information content (AvgIpc) is 3.47. The van der Waals surface area contributed by atoms with Crippen molar-refractivity contribution in [3.05, 3.63) is 47.3 Å². The van der Waals surface area contributed by atoms with Crippen molar-refractivity contribution >= 4 is 38.9 Å². The molecule has 2 fully saturated rings. The summed E-state index contributed by atoms with van der Waals surface area (Å²) in [6, 6.07) is 9.20. The van der Waals surface area contributed by atoms with E-state index in [0.29, 0.717) is 56.9 Å². The van der Waals surface area contributed by atoms with Crippen LogP contribution in [0.1, 0.15) is 23.2 Å². The van der Waals surface area contributed by atoms with Gasteiger partial charge in [0.25, 0.3) is 15.9 Å². The zero-order chi connectivity index (χ0) is 21.1. The molecule has 1 unspecified atom stereocenters. The fraction of sp³-hybridized carbons (Fsp3) is 0.400. The Labute approximate surface area is 179 Å². The monoisotopic (exact) mass is 449 g/mol. The van der Waals surface area contributed by atoms with E-state index in [1.54, 1.807) is 46.7 Å². The second kappa shape index (κ2) is 8.84. The van der Waals surface area contributed by atoms with Crippen LogP contribution in [0.25, 0.3) is 0 Å². The lowest BCUT2D eigenvalue weighted by Gasteiger charge is -2.27. The van der Waals surface area contributed by atoms with E-state index in [1.165, 1.54) is 4.31 Å². The van der Waals surface area contributed by atoms with E-state index >= 15 is 0 Å². The van der Waals surface area contributed by atoms with Crippen LogP contribution in [0.3, 0.4) is 0 Å². The summed E-state index contributed by atoms with van der Waals surface area (Å²) < 4.78 is 32.5. The molecule has 2 aliphatic heterocycles. The van der Waals surface area contributed by atoms with Crippen molar-refractivity contribution in [2.75, 3.05) is 38.2 Å². The second-order valence-corrected chi connectivity index (χ2v) is 10.2. The molecular formula is C20H23N3O5S2. The van der Waals surface area contributed by atoms with Gasteiger partial charge in [0.1, 0.15) is 10.3 Å². The lowest BCUT2D eigenvalue weighted by atomic mass is 10.1. The van der Waals surface area contributed by atoms with Crippen LogP contribution >= 0.6 is 11.3 Å². The summed E-state index contributed by atoms with van der Waals surface area (Å²) >= 11 is 1.14. The molecule has 8 nitrogen and oxygen atoms in total. The molecule has 2 saturated heterocycles. The lowest BCUT2D eigenvalue weighted by Crippen LogP contribution is -2.43. The molecule has 1 aromatic carbocycles. The molecule has 0 spiro atoms. The largest absolute Gasteiger partial charge is 0.378 e. The van der Waals surface area contributed by atoms with Gasteiger partial charge in [0.2, 0.25) is 5.91 Å². The van der Waals surface area contributed by atoms with Gasteiger partial charge < -0.3 is 15.0 Å². The second-order valence-electron chi connectivity index (χ2n) is 7.18. The van der Waals surface area contributed by atoms with Crippen molar-refractivity contribution in [2.24, 2.45) is 0 Å². The smallest absolute Gasteiger partial charge is 0.254 e. The van der Waals surface area contributed by atoms with E-state index in [0.717, 1.165) is 11.3 Å². The van der Waals surface area contributed by atoms with Crippen molar-refractivity contribution in [3.63, 3.8) is 0 Å². The highest BCUT2D eigenvalue weighted by Crippen LogP contribution is 2.29. The maximum atomic E-state index is 12.9. The number of carbonyl (C=O) groups is 2. The van der Waals surface area contributed by atoms with E-state index in [1.807, 2.05) is 0 Å². The van der Waals surface area contributed by atoms with Gasteiger partial charge in [0, 0.05) is 30.9 Å². The summed E-state index contributed by atoms with van der Waals surface area (Å²) in [5.41, 5.74) is 0.948. The fourth-order valence-corrected chi connectivity index (χ4v) is 6.50. The van der Waals surface area contributed by atoms with Crippen LogP contribution in [0.15, 0.2) is 46.0 Å². The number of sulfonamides is 1. The first-order valence-electron chi connectivity index (χ1n) is 9.80. The van der Waals surface area contributed by atoms with Crippen LogP contribution < -0.4 is 5.32 Å². The quantitative estimate of drug-likeness (QED) is 0.753. The van der Waals surface area contributed by atoms with Crippen LogP contribution in [0.4, 0.5) is 5.69 Å². The Balaban J connectivity index is 1.48. The number of ether oxygens (including phenoxy) is 1. The Hall–Kier alpha value is -2.27. The highest BCUT2D eigenvalue weighted by atomic mass is 32.2. The Morgan fingerprint density at radius 3 is 2.63 bits per heavy atom. The number of benzene rings is 1.